The molecule has 0 spiro atoms. The Balaban J connectivity index is 2.10. The van der Waals surface area contributed by atoms with Crippen LogP contribution in [0.5, 0.6) is 0 Å². The molecule has 0 saturated heterocycles. The summed E-state index contributed by atoms with van der Waals surface area (Å²) < 4.78 is 15.2. The van der Waals surface area contributed by atoms with Gasteiger partial charge in [0, 0.05) is 18.0 Å². The Morgan fingerprint density at radius 1 is 1.05 bits per heavy atom. The molecule has 0 aliphatic rings. The van der Waals surface area contributed by atoms with Crippen LogP contribution in [0.2, 0.25) is 0 Å². The van der Waals surface area contributed by atoms with Crippen molar-refractivity contribution in [2.45, 2.75) is 0 Å². The van der Waals surface area contributed by atoms with E-state index in [0.29, 0.717) is 17.1 Å². The van der Waals surface area contributed by atoms with Gasteiger partial charge in [0.25, 0.3) is 0 Å². The number of hydrogen-bond donors (Lipinski definition) is 1. The zero-order chi connectivity index (χ0) is 13.2. The number of benzene rings is 1. The largest absolute Gasteiger partial charge is 0.396 e. The second-order valence-electron chi connectivity index (χ2n) is 4.06. The molecule has 3 rings (SSSR count). The quantitative estimate of drug-likeness (QED) is 0.764. The zero-order valence-corrected chi connectivity index (χ0v) is 9.99. The molecule has 19 heavy (non-hydrogen) atoms. The van der Waals surface area contributed by atoms with Gasteiger partial charge in [-0.15, -0.1) is 0 Å². The molecule has 0 saturated carbocycles. The summed E-state index contributed by atoms with van der Waals surface area (Å²) in [4.78, 5) is 3.94. The van der Waals surface area contributed by atoms with E-state index < -0.39 is 0 Å². The van der Waals surface area contributed by atoms with Gasteiger partial charge in [0.05, 0.1) is 11.9 Å². The van der Waals surface area contributed by atoms with Gasteiger partial charge in [0.1, 0.15) is 17.2 Å². The molecule has 0 amide bonds. The van der Waals surface area contributed by atoms with Crippen molar-refractivity contribution in [3.05, 3.63) is 60.8 Å². The first-order valence-corrected chi connectivity index (χ1v) is 5.76. The summed E-state index contributed by atoms with van der Waals surface area (Å²) in [7, 11) is 0. The van der Waals surface area contributed by atoms with E-state index in [-0.39, 0.29) is 5.82 Å². The van der Waals surface area contributed by atoms with Crippen LogP contribution < -0.4 is 5.73 Å². The van der Waals surface area contributed by atoms with Gasteiger partial charge in [0.2, 0.25) is 0 Å². The van der Waals surface area contributed by atoms with Crippen LogP contribution >= 0.6 is 0 Å². The van der Waals surface area contributed by atoms with Crippen LogP contribution in [0.1, 0.15) is 0 Å². The van der Waals surface area contributed by atoms with Crippen molar-refractivity contribution in [1.82, 2.24) is 14.8 Å². The first kappa shape index (κ1) is 11.4. The normalized spacial score (nSPS) is 10.6. The lowest BCUT2D eigenvalue weighted by Crippen LogP contribution is -1.98. The Bertz CT molecular complexity index is 706. The molecule has 1 aromatic carbocycles. The van der Waals surface area contributed by atoms with Gasteiger partial charge in [-0.3, -0.25) is 4.98 Å². The van der Waals surface area contributed by atoms with E-state index in [1.165, 1.54) is 10.7 Å². The molecule has 2 aromatic heterocycles. The SMILES string of the molecule is Nc1cn(-c2ccccc2F)nc1-c1ccncc1. The number of para-hydroxylation sites is 1. The number of halogens is 1. The highest BCUT2D eigenvalue weighted by Gasteiger charge is 2.11. The standard InChI is InChI=1S/C14H11FN4/c15-11-3-1-2-4-13(11)19-9-12(16)14(18-19)10-5-7-17-8-6-10/h1-9H,16H2. The third-order valence-electron chi connectivity index (χ3n) is 2.80. The predicted octanol–water partition coefficient (Wildman–Crippen LogP) is 2.66. The van der Waals surface area contributed by atoms with Gasteiger partial charge in [-0.2, -0.15) is 5.10 Å². The van der Waals surface area contributed by atoms with Gasteiger partial charge >= 0.3 is 0 Å². The van der Waals surface area contributed by atoms with Gasteiger partial charge in [0.15, 0.2) is 0 Å². The Morgan fingerprint density at radius 2 is 1.79 bits per heavy atom. The molecule has 3 aromatic rings. The molecule has 4 nitrogen and oxygen atoms in total. The van der Waals surface area contributed by atoms with Crippen LogP contribution in [0.25, 0.3) is 16.9 Å². The van der Waals surface area contributed by atoms with E-state index in [1.807, 2.05) is 12.1 Å². The van der Waals surface area contributed by atoms with Gasteiger partial charge in [-0.05, 0) is 24.3 Å². The number of nitrogens with two attached hydrogens (primary N) is 1. The Morgan fingerprint density at radius 3 is 2.53 bits per heavy atom. The summed E-state index contributed by atoms with van der Waals surface area (Å²) in [6, 6.07) is 10.0. The molecule has 2 N–H and O–H groups in total. The van der Waals surface area contributed by atoms with E-state index in [4.69, 9.17) is 5.73 Å². The Labute approximate surface area is 109 Å². The minimum Gasteiger partial charge on any atom is -0.396 e. The summed E-state index contributed by atoms with van der Waals surface area (Å²) in [5, 5.41) is 4.34. The monoisotopic (exact) mass is 254 g/mol. The summed E-state index contributed by atoms with van der Waals surface area (Å²) >= 11 is 0. The molecule has 0 unspecified atom stereocenters. The van der Waals surface area contributed by atoms with E-state index in [9.17, 15) is 4.39 Å². The highest BCUT2D eigenvalue weighted by atomic mass is 19.1. The van der Waals surface area contributed by atoms with Crippen LogP contribution in [0.4, 0.5) is 10.1 Å². The van der Waals surface area contributed by atoms with Crippen molar-refractivity contribution < 1.29 is 4.39 Å². The third-order valence-corrected chi connectivity index (χ3v) is 2.80. The van der Waals surface area contributed by atoms with Crippen LogP contribution in [0.3, 0.4) is 0 Å². The average Bonchev–Trinajstić information content (AvgIpc) is 2.82. The smallest absolute Gasteiger partial charge is 0.148 e. The number of pyridine rings is 1. The van der Waals surface area contributed by atoms with Crippen LogP contribution in [0, 0.1) is 5.82 Å². The Kier molecular flexibility index (Phi) is 2.72. The van der Waals surface area contributed by atoms with Crippen molar-refractivity contribution in [3.8, 4) is 16.9 Å². The summed E-state index contributed by atoms with van der Waals surface area (Å²) in [5.74, 6) is -0.341. The van der Waals surface area contributed by atoms with E-state index in [1.54, 1.807) is 36.8 Å². The van der Waals surface area contributed by atoms with Gasteiger partial charge in [-0.25, -0.2) is 9.07 Å². The molecule has 5 heteroatoms. The highest BCUT2D eigenvalue weighted by molar-refractivity contribution is 5.72. The number of aromatic nitrogens is 3. The molecule has 94 valence electrons. The molecule has 0 atom stereocenters. The topological polar surface area (TPSA) is 56.7 Å². The van der Waals surface area contributed by atoms with E-state index >= 15 is 0 Å². The first-order chi connectivity index (χ1) is 9.25. The maximum absolute atomic E-state index is 13.7. The predicted molar refractivity (Wildman–Crippen MR) is 71.2 cm³/mol. The van der Waals surface area contributed by atoms with Gasteiger partial charge < -0.3 is 5.73 Å². The van der Waals surface area contributed by atoms with Crippen LogP contribution in [0.15, 0.2) is 55.0 Å². The fourth-order valence-corrected chi connectivity index (χ4v) is 1.88. The second kappa shape index (κ2) is 4.53. The lowest BCUT2D eigenvalue weighted by Gasteiger charge is -2.01. The summed E-state index contributed by atoms with van der Waals surface area (Å²) in [5.41, 5.74) is 8.27. The molecule has 0 aliphatic carbocycles. The first-order valence-electron chi connectivity index (χ1n) is 5.76. The molecule has 2 heterocycles. The van der Waals surface area contributed by atoms with Crippen molar-refractivity contribution in [3.63, 3.8) is 0 Å². The average molecular weight is 254 g/mol. The number of hydrogen-bond acceptors (Lipinski definition) is 3. The summed E-state index contributed by atoms with van der Waals surface area (Å²) in [6.07, 6.45) is 4.93. The molecule has 0 fully saturated rings. The fourth-order valence-electron chi connectivity index (χ4n) is 1.88. The number of nitrogen functional groups attached to an aromatic ring is 1. The van der Waals surface area contributed by atoms with Gasteiger partial charge in [-0.1, -0.05) is 12.1 Å². The lowest BCUT2D eigenvalue weighted by atomic mass is 10.2. The fraction of sp³-hybridized carbons (Fsp3) is 0. The second-order valence-corrected chi connectivity index (χ2v) is 4.06. The molecule has 0 radical (unpaired) electrons. The molecular formula is C14H11FN4. The zero-order valence-electron chi connectivity index (χ0n) is 9.99. The van der Waals surface area contributed by atoms with Crippen LogP contribution in [-0.2, 0) is 0 Å². The molecule has 0 bridgehead atoms. The van der Waals surface area contributed by atoms with Crippen molar-refractivity contribution in [2.75, 3.05) is 5.73 Å². The number of rotatable bonds is 2. The number of anilines is 1. The summed E-state index contributed by atoms with van der Waals surface area (Å²) in [6.45, 7) is 0. The van der Waals surface area contributed by atoms with Crippen molar-refractivity contribution in [1.29, 1.82) is 0 Å². The maximum Gasteiger partial charge on any atom is 0.148 e. The molecular weight excluding hydrogens is 243 g/mol. The number of nitrogens with zero attached hydrogens (tertiary/aromatic N) is 3. The van der Waals surface area contributed by atoms with E-state index in [2.05, 4.69) is 10.1 Å². The van der Waals surface area contributed by atoms with E-state index in [0.717, 1.165) is 5.56 Å². The highest BCUT2D eigenvalue weighted by Crippen LogP contribution is 2.25. The minimum atomic E-state index is -0.341. The molecule has 0 aliphatic heterocycles. The van der Waals surface area contributed by atoms with Crippen LogP contribution in [-0.4, -0.2) is 14.8 Å². The van der Waals surface area contributed by atoms with Crippen molar-refractivity contribution >= 4 is 5.69 Å². The maximum atomic E-state index is 13.7. The lowest BCUT2D eigenvalue weighted by molar-refractivity contribution is 0.611. The Hall–Kier alpha value is -2.69. The minimum absolute atomic E-state index is 0.341. The third kappa shape index (κ3) is 2.06. The van der Waals surface area contributed by atoms with Crippen molar-refractivity contribution in [2.24, 2.45) is 0 Å².